The number of aliphatic imine (C=N–C) groups is 1. The second-order valence-electron chi connectivity index (χ2n) is 7.76. The molecule has 0 aliphatic heterocycles. The molecule has 0 spiro atoms. The van der Waals surface area contributed by atoms with Crippen molar-refractivity contribution in [1.29, 1.82) is 0 Å². The van der Waals surface area contributed by atoms with Crippen LogP contribution >= 0.6 is 0 Å². The molecule has 3 rings (SSSR count). The van der Waals surface area contributed by atoms with E-state index in [0.29, 0.717) is 5.41 Å². The lowest BCUT2D eigenvalue weighted by Gasteiger charge is -2.28. The highest BCUT2D eigenvalue weighted by Gasteiger charge is 2.31. The summed E-state index contributed by atoms with van der Waals surface area (Å²) in [7, 11) is 1.85. The van der Waals surface area contributed by atoms with Crippen molar-refractivity contribution in [3.63, 3.8) is 0 Å². The van der Waals surface area contributed by atoms with Crippen LogP contribution in [-0.4, -0.2) is 29.1 Å². The minimum Gasteiger partial charge on any atom is -0.356 e. The third kappa shape index (κ3) is 5.12. The molecule has 0 radical (unpaired) electrons. The van der Waals surface area contributed by atoms with Crippen LogP contribution < -0.4 is 10.6 Å². The smallest absolute Gasteiger partial charge is 0.191 e. The van der Waals surface area contributed by atoms with Crippen LogP contribution in [-0.2, 0) is 13.1 Å². The molecule has 0 amide bonds. The van der Waals surface area contributed by atoms with Crippen molar-refractivity contribution in [3.05, 3.63) is 53.6 Å². The van der Waals surface area contributed by atoms with E-state index in [1.54, 1.807) is 0 Å². The zero-order chi connectivity index (χ0) is 19.1. The molecular weight excluding hydrogens is 334 g/mol. The first kappa shape index (κ1) is 19.5. The van der Waals surface area contributed by atoms with Crippen molar-refractivity contribution < 1.29 is 0 Å². The minimum atomic E-state index is 0.459. The Morgan fingerprint density at radius 3 is 2.67 bits per heavy atom. The Balaban J connectivity index is 1.54. The Labute approximate surface area is 163 Å². The van der Waals surface area contributed by atoms with Crippen molar-refractivity contribution in [2.75, 3.05) is 13.6 Å². The molecule has 1 heterocycles. The van der Waals surface area contributed by atoms with Gasteiger partial charge in [0.1, 0.15) is 5.82 Å². The summed E-state index contributed by atoms with van der Waals surface area (Å²) in [6.07, 6.45) is 10.5. The summed E-state index contributed by atoms with van der Waals surface area (Å²) in [6, 6.07) is 8.71. The fraction of sp³-hybridized carbons (Fsp3) is 0.545. The molecule has 0 atom stereocenters. The molecule has 1 aromatic heterocycles. The van der Waals surface area contributed by atoms with Gasteiger partial charge in [-0.05, 0) is 42.7 Å². The topological polar surface area (TPSA) is 54.2 Å². The van der Waals surface area contributed by atoms with Crippen LogP contribution in [0.2, 0.25) is 0 Å². The van der Waals surface area contributed by atoms with E-state index in [4.69, 9.17) is 0 Å². The Morgan fingerprint density at radius 2 is 2.00 bits per heavy atom. The molecule has 5 nitrogen and oxygen atoms in total. The molecule has 1 aromatic carbocycles. The first-order valence-electron chi connectivity index (χ1n) is 10.1. The highest BCUT2D eigenvalue weighted by molar-refractivity contribution is 5.79. The first-order chi connectivity index (χ1) is 13.1. The van der Waals surface area contributed by atoms with Crippen molar-refractivity contribution >= 4 is 5.96 Å². The molecule has 1 fully saturated rings. The second kappa shape index (κ2) is 9.07. The molecule has 2 aromatic rings. The number of rotatable bonds is 7. The molecule has 0 unspecified atom stereocenters. The van der Waals surface area contributed by atoms with Crippen LogP contribution in [0.3, 0.4) is 0 Å². The van der Waals surface area contributed by atoms with Crippen molar-refractivity contribution in [2.45, 2.75) is 59.0 Å². The summed E-state index contributed by atoms with van der Waals surface area (Å²) < 4.78 is 2.17. The Bertz CT molecular complexity index is 756. The van der Waals surface area contributed by atoms with Gasteiger partial charge >= 0.3 is 0 Å². The summed E-state index contributed by atoms with van der Waals surface area (Å²) in [6.45, 7) is 7.00. The Morgan fingerprint density at radius 1 is 1.22 bits per heavy atom. The van der Waals surface area contributed by atoms with E-state index in [9.17, 15) is 0 Å². The number of guanidine groups is 1. The van der Waals surface area contributed by atoms with Gasteiger partial charge in [-0.15, -0.1) is 0 Å². The molecule has 5 heteroatoms. The highest BCUT2D eigenvalue weighted by Crippen LogP contribution is 2.40. The van der Waals surface area contributed by atoms with Crippen molar-refractivity contribution in [2.24, 2.45) is 10.4 Å². The number of hydrogen-bond donors (Lipinski definition) is 2. The number of benzene rings is 1. The lowest BCUT2D eigenvalue weighted by molar-refractivity contribution is 0.283. The predicted molar refractivity (Wildman–Crippen MR) is 112 cm³/mol. The normalized spacial score (nSPS) is 16.5. The van der Waals surface area contributed by atoms with Gasteiger partial charge in [-0.1, -0.05) is 44.0 Å². The van der Waals surface area contributed by atoms with E-state index in [2.05, 4.69) is 56.4 Å². The van der Waals surface area contributed by atoms with Crippen LogP contribution in [0, 0.1) is 12.3 Å². The van der Waals surface area contributed by atoms with Crippen LogP contribution in [0.25, 0.3) is 0 Å². The Hall–Kier alpha value is -2.30. The van der Waals surface area contributed by atoms with Gasteiger partial charge in [0.25, 0.3) is 0 Å². The van der Waals surface area contributed by atoms with E-state index in [0.717, 1.165) is 31.4 Å². The van der Waals surface area contributed by atoms with E-state index in [-0.39, 0.29) is 0 Å². The van der Waals surface area contributed by atoms with Crippen LogP contribution in [0.15, 0.2) is 41.7 Å². The third-order valence-corrected chi connectivity index (χ3v) is 6.00. The summed E-state index contributed by atoms with van der Waals surface area (Å²) >= 11 is 0. The lowest BCUT2D eigenvalue weighted by atomic mass is 9.83. The summed E-state index contributed by atoms with van der Waals surface area (Å²) in [5.41, 5.74) is 3.01. The number of nitrogens with one attached hydrogen (secondary N) is 2. The fourth-order valence-electron chi connectivity index (χ4n) is 4.06. The molecule has 1 aliphatic rings. The molecule has 0 saturated heterocycles. The Kier molecular flexibility index (Phi) is 6.54. The van der Waals surface area contributed by atoms with Gasteiger partial charge in [-0.3, -0.25) is 4.99 Å². The van der Waals surface area contributed by atoms with Crippen LogP contribution in [0.4, 0.5) is 0 Å². The van der Waals surface area contributed by atoms with Gasteiger partial charge in [-0.2, -0.15) is 0 Å². The summed E-state index contributed by atoms with van der Waals surface area (Å²) in [5.74, 6) is 1.94. The largest absolute Gasteiger partial charge is 0.356 e. The number of imidazole rings is 1. The third-order valence-electron chi connectivity index (χ3n) is 6.00. The van der Waals surface area contributed by atoms with Gasteiger partial charge in [0, 0.05) is 39.1 Å². The molecule has 1 saturated carbocycles. The predicted octanol–water partition coefficient (Wildman–Crippen LogP) is 3.88. The van der Waals surface area contributed by atoms with Gasteiger partial charge in [0.2, 0.25) is 0 Å². The minimum absolute atomic E-state index is 0.459. The molecule has 0 bridgehead atoms. The van der Waals surface area contributed by atoms with E-state index < -0.39 is 0 Å². The number of nitrogens with zero attached hydrogens (tertiary/aromatic N) is 3. The molecule has 146 valence electrons. The standard InChI is InChI=1S/C22H33N5/c1-4-22(10-5-6-11-22)17-26-21(23-3)25-15-19-8-7-9-20(14-19)16-27-13-12-24-18(27)2/h7-9,12-14H,4-6,10-11,15-17H2,1-3H3,(H2,23,25,26). The number of aryl methyl sites for hydroxylation is 1. The number of aromatic nitrogens is 2. The van der Waals surface area contributed by atoms with Crippen LogP contribution in [0.1, 0.15) is 56.0 Å². The van der Waals surface area contributed by atoms with Gasteiger partial charge in [0.05, 0.1) is 0 Å². The molecule has 27 heavy (non-hydrogen) atoms. The van der Waals surface area contributed by atoms with Gasteiger partial charge < -0.3 is 15.2 Å². The average Bonchev–Trinajstić information content (AvgIpc) is 3.32. The van der Waals surface area contributed by atoms with E-state index >= 15 is 0 Å². The van der Waals surface area contributed by atoms with Crippen LogP contribution in [0.5, 0.6) is 0 Å². The van der Waals surface area contributed by atoms with E-state index in [1.807, 2.05) is 26.4 Å². The lowest BCUT2D eigenvalue weighted by Crippen LogP contribution is -2.42. The van der Waals surface area contributed by atoms with E-state index in [1.165, 1.54) is 43.2 Å². The monoisotopic (exact) mass is 367 g/mol. The maximum atomic E-state index is 4.41. The second-order valence-corrected chi connectivity index (χ2v) is 7.76. The quantitative estimate of drug-likeness (QED) is 0.577. The van der Waals surface area contributed by atoms with Crippen molar-refractivity contribution in [3.8, 4) is 0 Å². The van der Waals surface area contributed by atoms with Gasteiger partial charge in [0.15, 0.2) is 5.96 Å². The maximum Gasteiger partial charge on any atom is 0.191 e. The average molecular weight is 368 g/mol. The molecule has 2 N–H and O–H groups in total. The highest BCUT2D eigenvalue weighted by atomic mass is 15.2. The zero-order valence-electron chi connectivity index (χ0n) is 17.0. The van der Waals surface area contributed by atoms with Crippen molar-refractivity contribution in [1.82, 2.24) is 20.2 Å². The maximum absolute atomic E-state index is 4.41. The molecular formula is C22H33N5. The van der Waals surface area contributed by atoms with Gasteiger partial charge in [-0.25, -0.2) is 4.98 Å². The zero-order valence-corrected chi connectivity index (χ0v) is 17.0. The first-order valence-corrected chi connectivity index (χ1v) is 10.1. The summed E-state index contributed by atoms with van der Waals surface area (Å²) in [5, 5.41) is 7.03. The number of hydrogen-bond acceptors (Lipinski definition) is 2. The SMILES string of the molecule is CCC1(CNC(=NC)NCc2cccc(Cn3ccnc3C)c2)CCCC1. The molecule has 1 aliphatic carbocycles. The summed E-state index contributed by atoms with van der Waals surface area (Å²) in [4.78, 5) is 8.70. The fourth-order valence-corrected chi connectivity index (χ4v) is 4.06.